The van der Waals surface area contributed by atoms with Gasteiger partial charge in [0.2, 0.25) is 0 Å². The van der Waals surface area contributed by atoms with Gasteiger partial charge in [0.25, 0.3) is 17.7 Å². The molecule has 1 atom stereocenters. The van der Waals surface area contributed by atoms with Crippen LogP contribution in [0.25, 0.3) is 0 Å². The lowest BCUT2D eigenvalue weighted by Crippen LogP contribution is -2.47. The first-order chi connectivity index (χ1) is 16.5. The molecule has 0 aliphatic carbocycles. The summed E-state index contributed by atoms with van der Waals surface area (Å²) in [6.07, 6.45) is 0.208. The maximum atomic E-state index is 13.4. The number of hydrogen-bond donors (Lipinski definition) is 1. The largest absolute Gasteiger partial charge is 0.495 e. The number of fused-ring (bicyclic) bond motifs is 1. The van der Waals surface area contributed by atoms with Crippen LogP contribution in [0.5, 0.6) is 5.75 Å². The van der Waals surface area contributed by atoms with E-state index in [0.29, 0.717) is 29.7 Å². The second-order valence-corrected chi connectivity index (χ2v) is 12.3. The molecule has 3 amide bonds. The fraction of sp³-hybridized carbons (Fsp3) is 0.304. The van der Waals surface area contributed by atoms with Gasteiger partial charge in [0.05, 0.1) is 23.9 Å². The first-order valence-electron chi connectivity index (χ1n) is 10.3. The molecule has 0 saturated heterocycles. The van der Waals surface area contributed by atoms with Gasteiger partial charge in [0, 0.05) is 14.3 Å². The Labute approximate surface area is 257 Å². The van der Waals surface area contributed by atoms with Gasteiger partial charge in [-0.15, -0.1) is 0 Å². The van der Waals surface area contributed by atoms with Crippen molar-refractivity contribution >= 4 is 120 Å². The first kappa shape index (κ1) is 28.8. The number of carbonyl (C=O) groups excluding carboxylic acids is 4. The van der Waals surface area contributed by atoms with Crippen LogP contribution in [0.2, 0.25) is 0 Å². The molecule has 186 valence electrons. The molecule has 3 rings (SSSR count). The second-order valence-electron chi connectivity index (χ2n) is 7.99. The molecule has 0 aromatic heterocycles. The number of para-hydroxylation sites is 2. The topological polar surface area (TPSA) is 102 Å². The normalized spacial score (nSPS) is 13.7. The number of anilines is 1. The molecule has 12 heteroatoms. The van der Waals surface area contributed by atoms with Gasteiger partial charge in [-0.25, -0.2) is 4.79 Å². The van der Waals surface area contributed by atoms with E-state index in [1.54, 1.807) is 24.3 Å². The number of amides is 3. The van der Waals surface area contributed by atoms with E-state index in [9.17, 15) is 19.2 Å². The molecule has 1 heterocycles. The van der Waals surface area contributed by atoms with Gasteiger partial charge < -0.3 is 14.8 Å². The number of imide groups is 1. The molecule has 35 heavy (non-hydrogen) atoms. The van der Waals surface area contributed by atoms with Gasteiger partial charge in [0.1, 0.15) is 11.8 Å². The lowest BCUT2D eigenvalue weighted by molar-refractivity contribution is -0.151. The number of benzene rings is 2. The molecule has 0 spiro atoms. The third-order valence-electron chi connectivity index (χ3n) is 5.14. The van der Waals surface area contributed by atoms with Crippen LogP contribution in [-0.2, 0) is 14.3 Å². The molecule has 0 bridgehead atoms. The van der Waals surface area contributed by atoms with E-state index in [2.05, 4.69) is 95.7 Å². The Morgan fingerprint density at radius 2 is 1.49 bits per heavy atom. The minimum absolute atomic E-state index is 0.0160. The number of rotatable bonds is 8. The predicted octanol–water partition coefficient (Wildman–Crippen LogP) is 5.31. The van der Waals surface area contributed by atoms with E-state index in [4.69, 9.17) is 9.47 Å². The van der Waals surface area contributed by atoms with Crippen molar-refractivity contribution in [2.24, 2.45) is 5.92 Å². The quantitative estimate of drug-likeness (QED) is 0.127. The van der Waals surface area contributed by atoms with E-state index < -0.39 is 36.3 Å². The van der Waals surface area contributed by atoms with E-state index in [0.717, 1.165) is 12.0 Å². The predicted molar refractivity (Wildman–Crippen MR) is 164 cm³/mol. The van der Waals surface area contributed by atoms with Crippen LogP contribution in [0.3, 0.4) is 0 Å². The lowest BCUT2D eigenvalue weighted by Gasteiger charge is -2.26. The number of hydrogen-bond acceptors (Lipinski definition) is 6. The standard InChI is InChI=1S/C23H20I4N2O6/c1-10(2)8-12(23(33)35-9-14(30)28-11-6-4-5-7-13(11)34-3)29-21(31)15-16(22(29)32)18(25)20(27)19(26)17(15)24/h4-7,10,12H,8-9H2,1-3H3,(H,28,30)/t12-/m1/s1. The Bertz CT molecular complexity index is 1170. The Hall–Kier alpha value is -0.760. The molecule has 2 aromatic carbocycles. The van der Waals surface area contributed by atoms with Crippen molar-refractivity contribution in [3.05, 3.63) is 49.7 Å². The van der Waals surface area contributed by atoms with Gasteiger partial charge in [-0.05, 0) is 115 Å². The summed E-state index contributed by atoms with van der Waals surface area (Å²) in [7, 11) is 1.48. The van der Waals surface area contributed by atoms with Gasteiger partial charge in [-0.1, -0.05) is 26.0 Å². The van der Waals surface area contributed by atoms with Crippen molar-refractivity contribution in [3.63, 3.8) is 0 Å². The molecular formula is C23H20I4N2O6. The molecule has 1 aliphatic rings. The van der Waals surface area contributed by atoms with Crippen LogP contribution in [-0.4, -0.2) is 48.3 Å². The molecule has 1 aliphatic heterocycles. The van der Waals surface area contributed by atoms with Gasteiger partial charge >= 0.3 is 5.97 Å². The monoisotopic (exact) mass is 928 g/mol. The Morgan fingerprint density at radius 3 is 2.00 bits per heavy atom. The molecule has 8 nitrogen and oxygen atoms in total. The summed E-state index contributed by atoms with van der Waals surface area (Å²) in [5, 5.41) is 2.63. The maximum absolute atomic E-state index is 13.4. The Morgan fingerprint density at radius 1 is 0.943 bits per heavy atom. The van der Waals surface area contributed by atoms with E-state index in [1.807, 2.05) is 13.8 Å². The zero-order valence-corrected chi connectivity index (χ0v) is 27.4. The number of methoxy groups -OCH3 is 1. The highest BCUT2D eigenvalue weighted by molar-refractivity contribution is 14.1. The first-order valence-corrected chi connectivity index (χ1v) is 14.6. The Balaban J connectivity index is 1.82. The summed E-state index contributed by atoms with van der Waals surface area (Å²) in [5.41, 5.74) is 1.05. The van der Waals surface area contributed by atoms with Crippen LogP contribution in [0.1, 0.15) is 41.0 Å². The average molecular weight is 928 g/mol. The highest BCUT2D eigenvalue weighted by Crippen LogP contribution is 2.39. The van der Waals surface area contributed by atoms with Crippen LogP contribution in [0.4, 0.5) is 5.69 Å². The van der Waals surface area contributed by atoms with Crippen LogP contribution in [0, 0.1) is 20.2 Å². The summed E-state index contributed by atoms with van der Waals surface area (Å²) in [4.78, 5) is 53.3. The number of halogens is 4. The number of carbonyl (C=O) groups is 4. The molecule has 0 saturated carbocycles. The van der Waals surface area contributed by atoms with Gasteiger partial charge in [-0.2, -0.15) is 0 Å². The van der Waals surface area contributed by atoms with Crippen molar-refractivity contribution in [2.75, 3.05) is 19.0 Å². The molecule has 0 unspecified atom stereocenters. The lowest BCUT2D eigenvalue weighted by atomic mass is 10.0. The molecule has 0 fully saturated rings. The molecule has 0 radical (unpaired) electrons. The summed E-state index contributed by atoms with van der Waals surface area (Å²) in [6, 6.07) is 5.69. The van der Waals surface area contributed by atoms with Crippen LogP contribution < -0.4 is 10.1 Å². The molecule has 1 N–H and O–H groups in total. The minimum Gasteiger partial charge on any atom is -0.495 e. The van der Waals surface area contributed by atoms with E-state index >= 15 is 0 Å². The zero-order valence-electron chi connectivity index (χ0n) is 18.8. The third-order valence-corrected chi connectivity index (χ3v) is 12.5. The van der Waals surface area contributed by atoms with E-state index in [1.165, 1.54) is 7.11 Å². The molecular weight excluding hydrogens is 908 g/mol. The van der Waals surface area contributed by atoms with E-state index in [-0.39, 0.29) is 12.3 Å². The highest BCUT2D eigenvalue weighted by atomic mass is 127. The number of nitrogens with zero attached hydrogens (tertiary/aromatic N) is 1. The second kappa shape index (κ2) is 12.2. The number of nitrogens with one attached hydrogen (secondary N) is 1. The summed E-state index contributed by atoms with van der Waals surface area (Å²) in [6.45, 7) is 3.19. The number of ether oxygens (including phenoxy) is 2. The van der Waals surface area contributed by atoms with Crippen molar-refractivity contribution in [1.82, 2.24) is 4.90 Å². The van der Waals surface area contributed by atoms with Crippen LogP contribution >= 0.6 is 90.4 Å². The maximum Gasteiger partial charge on any atom is 0.329 e. The molecule has 2 aromatic rings. The van der Waals surface area contributed by atoms with Crippen molar-refractivity contribution in [3.8, 4) is 5.75 Å². The van der Waals surface area contributed by atoms with Gasteiger partial charge in [-0.3, -0.25) is 19.3 Å². The zero-order chi connectivity index (χ0) is 26.0. The fourth-order valence-electron chi connectivity index (χ4n) is 3.57. The van der Waals surface area contributed by atoms with Crippen molar-refractivity contribution in [1.29, 1.82) is 0 Å². The van der Waals surface area contributed by atoms with Crippen molar-refractivity contribution < 1.29 is 28.7 Å². The smallest absolute Gasteiger partial charge is 0.329 e. The summed E-state index contributed by atoms with van der Waals surface area (Å²) in [5.74, 6) is -1.98. The van der Waals surface area contributed by atoms with Crippen LogP contribution in [0.15, 0.2) is 24.3 Å². The minimum atomic E-state index is -1.15. The Kier molecular flexibility index (Phi) is 10.0. The SMILES string of the molecule is COc1ccccc1NC(=O)COC(=O)[C@@H](CC(C)C)N1C(=O)c2c(I)c(I)c(I)c(I)c2C1=O. The summed E-state index contributed by atoms with van der Waals surface area (Å²) < 4.78 is 13.6. The number of esters is 1. The summed E-state index contributed by atoms with van der Waals surface area (Å²) >= 11 is 8.42. The fourth-order valence-corrected chi connectivity index (χ4v) is 7.22. The highest BCUT2D eigenvalue weighted by Gasteiger charge is 2.47. The average Bonchev–Trinajstić information content (AvgIpc) is 3.08. The van der Waals surface area contributed by atoms with Gasteiger partial charge in [0.15, 0.2) is 6.61 Å². The third kappa shape index (κ3) is 6.05. The van der Waals surface area contributed by atoms with Crippen molar-refractivity contribution in [2.45, 2.75) is 26.3 Å².